The van der Waals surface area contributed by atoms with Crippen LogP contribution in [0.25, 0.3) is 22.3 Å². The quantitative estimate of drug-likeness (QED) is 0.161. The molecule has 0 saturated heterocycles. The molecule has 0 spiro atoms. The van der Waals surface area contributed by atoms with Gasteiger partial charge in [0.2, 0.25) is 9.84 Å². The van der Waals surface area contributed by atoms with Crippen molar-refractivity contribution >= 4 is 41.7 Å². The van der Waals surface area contributed by atoms with E-state index in [2.05, 4.69) is 31.9 Å². The van der Waals surface area contributed by atoms with Crippen molar-refractivity contribution < 1.29 is 28.1 Å². The van der Waals surface area contributed by atoms with Crippen molar-refractivity contribution in [3.8, 4) is 56.8 Å². The molecule has 0 bridgehead atoms. The normalized spacial score (nSPS) is 11.2. The molecule has 0 aliphatic heterocycles. The number of ether oxygens (including phenoxy) is 2. The number of sulfone groups is 1. The second kappa shape index (κ2) is 12.8. The number of phenols is 2. The third-order valence-electron chi connectivity index (χ3n) is 6.96. The summed E-state index contributed by atoms with van der Waals surface area (Å²) in [4.78, 5) is -0.681. The van der Waals surface area contributed by atoms with Crippen molar-refractivity contribution in [2.45, 2.75) is 9.79 Å². The molecule has 224 valence electrons. The average molecular weight is 744 g/mol. The molecule has 2 N–H and O–H groups in total. The van der Waals surface area contributed by atoms with Gasteiger partial charge in [0.25, 0.3) is 0 Å². The summed E-state index contributed by atoms with van der Waals surface area (Å²) in [5.74, 6) is 0.0771. The van der Waals surface area contributed by atoms with Crippen molar-refractivity contribution in [3.63, 3.8) is 0 Å². The molecule has 9 heteroatoms. The number of aromatic hydroxyl groups is 2. The number of benzene rings is 6. The zero-order chi connectivity index (χ0) is 31.6. The molecule has 0 atom stereocenters. The highest BCUT2D eigenvalue weighted by molar-refractivity contribution is 9.11. The second-order valence-electron chi connectivity index (χ2n) is 9.89. The first kappa shape index (κ1) is 30.5. The minimum absolute atomic E-state index is 0.0498. The summed E-state index contributed by atoms with van der Waals surface area (Å²) in [7, 11) is -4.56. The van der Waals surface area contributed by atoms with E-state index in [1.54, 1.807) is 72.8 Å². The van der Waals surface area contributed by atoms with E-state index in [1.165, 1.54) is 0 Å². The molecular weight excluding hydrogens is 720 g/mol. The standard InChI is InChI=1S/C36H24Br2O6S/c37-33-31(23-13-5-1-6-14-23)27(39)21-29(35(33)43-25-17-9-3-10-18-25)45(41,42)30-22-28(40)32(24-15-7-2-8-16-24)34(38)36(30)44-26-19-11-4-12-20-26/h1-22,39-40H. The maximum Gasteiger partial charge on any atom is 0.214 e. The topological polar surface area (TPSA) is 93.1 Å². The number of para-hydroxylation sites is 2. The predicted molar refractivity (Wildman–Crippen MR) is 181 cm³/mol. The molecule has 0 aromatic heterocycles. The highest BCUT2D eigenvalue weighted by Gasteiger charge is 2.34. The SMILES string of the molecule is O=S(=O)(c1cc(O)c(-c2ccccc2)c(Br)c1Oc1ccccc1)c1cc(O)c(-c2ccccc2)c(Br)c1Oc1ccccc1. The molecule has 6 aromatic rings. The van der Waals surface area contributed by atoms with Crippen molar-refractivity contribution in [3.05, 3.63) is 142 Å². The summed E-state index contributed by atoms with van der Waals surface area (Å²) in [6, 6.07) is 37.9. The minimum atomic E-state index is -4.56. The van der Waals surface area contributed by atoms with E-state index >= 15 is 0 Å². The van der Waals surface area contributed by atoms with Crippen LogP contribution < -0.4 is 9.47 Å². The average Bonchev–Trinajstić information content (AvgIpc) is 3.05. The first-order chi connectivity index (χ1) is 21.8. The summed E-state index contributed by atoms with van der Waals surface area (Å²) in [5.41, 5.74) is 1.99. The Kier molecular flexibility index (Phi) is 8.67. The molecule has 0 heterocycles. The van der Waals surface area contributed by atoms with E-state index in [0.717, 1.165) is 12.1 Å². The van der Waals surface area contributed by atoms with Gasteiger partial charge < -0.3 is 19.7 Å². The fraction of sp³-hybridized carbons (Fsp3) is 0. The number of phenolic OH excluding ortho intramolecular Hbond substituents is 2. The van der Waals surface area contributed by atoms with Crippen molar-refractivity contribution in [1.29, 1.82) is 0 Å². The van der Waals surface area contributed by atoms with E-state index in [-0.39, 0.29) is 41.7 Å². The van der Waals surface area contributed by atoms with E-state index in [9.17, 15) is 18.6 Å². The third-order valence-corrected chi connectivity index (χ3v) is 10.2. The summed E-state index contributed by atoms with van der Waals surface area (Å²) in [6.07, 6.45) is 0. The van der Waals surface area contributed by atoms with Crippen LogP contribution in [0.5, 0.6) is 34.5 Å². The monoisotopic (exact) mass is 742 g/mol. The Morgan fingerprint density at radius 3 is 1.13 bits per heavy atom. The van der Waals surface area contributed by atoms with Crippen molar-refractivity contribution in [2.75, 3.05) is 0 Å². The van der Waals surface area contributed by atoms with E-state index in [0.29, 0.717) is 33.8 Å². The van der Waals surface area contributed by atoms with Crippen LogP contribution in [0.15, 0.2) is 152 Å². The molecule has 6 aromatic carbocycles. The Balaban J connectivity index is 1.62. The Bertz CT molecular complexity index is 1940. The summed E-state index contributed by atoms with van der Waals surface area (Å²) >= 11 is 7.09. The largest absolute Gasteiger partial charge is 0.507 e. The predicted octanol–water partition coefficient (Wildman–Crippen LogP) is 10.4. The van der Waals surface area contributed by atoms with E-state index < -0.39 is 9.84 Å². The van der Waals surface area contributed by atoms with Gasteiger partial charge in [-0.05, 0) is 67.3 Å². The van der Waals surface area contributed by atoms with Gasteiger partial charge in [0.15, 0.2) is 11.5 Å². The number of halogens is 2. The lowest BCUT2D eigenvalue weighted by Gasteiger charge is -2.21. The summed E-state index contributed by atoms with van der Waals surface area (Å²) in [6.45, 7) is 0. The molecule has 0 aliphatic rings. The Morgan fingerprint density at radius 2 is 0.800 bits per heavy atom. The molecule has 0 amide bonds. The number of hydrogen-bond acceptors (Lipinski definition) is 6. The van der Waals surface area contributed by atoms with Crippen LogP contribution in [0.1, 0.15) is 0 Å². The van der Waals surface area contributed by atoms with E-state index in [4.69, 9.17) is 9.47 Å². The second-order valence-corrected chi connectivity index (χ2v) is 13.4. The first-order valence-corrected chi connectivity index (χ1v) is 16.7. The Hall–Kier alpha value is -4.57. The number of rotatable bonds is 8. The molecule has 0 fully saturated rings. The van der Waals surface area contributed by atoms with Gasteiger partial charge in [-0.1, -0.05) is 97.1 Å². The lowest BCUT2D eigenvalue weighted by Crippen LogP contribution is -2.08. The zero-order valence-corrected chi connectivity index (χ0v) is 27.4. The van der Waals surface area contributed by atoms with Crippen molar-refractivity contribution in [1.82, 2.24) is 0 Å². The van der Waals surface area contributed by atoms with Gasteiger partial charge in [0.05, 0.1) is 8.95 Å². The fourth-order valence-electron chi connectivity index (χ4n) is 4.87. The lowest BCUT2D eigenvalue weighted by molar-refractivity contribution is 0.445. The Labute approximate surface area is 277 Å². The van der Waals surface area contributed by atoms with Gasteiger partial charge in [-0.3, -0.25) is 0 Å². The maximum atomic E-state index is 14.7. The third kappa shape index (κ3) is 6.07. The zero-order valence-electron chi connectivity index (χ0n) is 23.4. The molecule has 0 radical (unpaired) electrons. The maximum absolute atomic E-state index is 14.7. The lowest BCUT2D eigenvalue weighted by atomic mass is 10.0. The van der Waals surface area contributed by atoms with Crippen LogP contribution in [0.2, 0.25) is 0 Å². The number of hydrogen-bond donors (Lipinski definition) is 2. The molecule has 6 rings (SSSR count). The molecule has 0 unspecified atom stereocenters. The highest BCUT2D eigenvalue weighted by atomic mass is 79.9. The van der Waals surface area contributed by atoms with Gasteiger partial charge >= 0.3 is 0 Å². The fourth-order valence-corrected chi connectivity index (χ4v) is 8.13. The molecule has 45 heavy (non-hydrogen) atoms. The Morgan fingerprint density at radius 1 is 0.489 bits per heavy atom. The van der Waals surface area contributed by atoms with Crippen LogP contribution in [0, 0.1) is 0 Å². The highest BCUT2D eigenvalue weighted by Crippen LogP contribution is 2.52. The molecule has 6 nitrogen and oxygen atoms in total. The van der Waals surface area contributed by atoms with Crippen LogP contribution >= 0.6 is 31.9 Å². The van der Waals surface area contributed by atoms with E-state index in [1.807, 2.05) is 48.5 Å². The first-order valence-electron chi connectivity index (χ1n) is 13.7. The van der Waals surface area contributed by atoms with Gasteiger partial charge in [-0.2, -0.15) is 0 Å². The smallest absolute Gasteiger partial charge is 0.214 e. The summed E-state index contributed by atoms with van der Waals surface area (Å²) in [5, 5.41) is 22.6. The van der Waals surface area contributed by atoms with Crippen LogP contribution in [0.3, 0.4) is 0 Å². The van der Waals surface area contributed by atoms with Crippen LogP contribution in [-0.4, -0.2) is 18.6 Å². The van der Waals surface area contributed by atoms with Crippen molar-refractivity contribution in [2.24, 2.45) is 0 Å². The summed E-state index contributed by atoms with van der Waals surface area (Å²) < 4.78 is 42.4. The van der Waals surface area contributed by atoms with Crippen LogP contribution in [0.4, 0.5) is 0 Å². The van der Waals surface area contributed by atoms with Gasteiger partial charge in [0, 0.05) is 23.3 Å². The molecular formula is C36H24Br2O6S. The minimum Gasteiger partial charge on any atom is -0.507 e. The van der Waals surface area contributed by atoms with Gasteiger partial charge in [0.1, 0.15) is 32.8 Å². The molecule has 0 saturated carbocycles. The van der Waals surface area contributed by atoms with Gasteiger partial charge in [-0.25, -0.2) is 8.42 Å². The van der Waals surface area contributed by atoms with Gasteiger partial charge in [-0.15, -0.1) is 0 Å². The van der Waals surface area contributed by atoms with Crippen LogP contribution in [-0.2, 0) is 9.84 Å². The molecule has 0 aliphatic carbocycles.